The van der Waals surface area contributed by atoms with E-state index in [1.54, 1.807) is 4.90 Å². The van der Waals surface area contributed by atoms with Crippen molar-refractivity contribution in [3.8, 4) is 0 Å². The van der Waals surface area contributed by atoms with Crippen LogP contribution in [0.25, 0.3) is 0 Å². The minimum absolute atomic E-state index is 0.272. The molecule has 2 rings (SSSR count). The molecule has 1 saturated heterocycles. The molecule has 1 aromatic carbocycles. The fourth-order valence-corrected chi connectivity index (χ4v) is 2.46. The Balaban J connectivity index is 2.17. The van der Waals surface area contributed by atoms with Gasteiger partial charge in [-0.15, -0.1) is 0 Å². The number of piperazine rings is 1. The maximum absolute atomic E-state index is 12.2. The molecule has 1 heterocycles. The van der Waals surface area contributed by atoms with Crippen molar-refractivity contribution in [1.82, 2.24) is 9.80 Å². The predicted molar refractivity (Wildman–Crippen MR) is 81.7 cm³/mol. The van der Waals surface area contributed by atoms with Gasteiger partial charge >= 0.3 is 12.2 Å². The van der Waals surface area contributed by atoms with Crippen molar-refractivity contribution in [1.29, 1.82) is 0 Å². The van der Waals surface area contributed by atoms with Gasteiger partial charge in [-0.25, -0.2) is 9.59 Å². The van der Waals surface area contributed by atoms with E-state index in [1.807, 2.05) is 51.1 Å². The number of carboxylic acid groups (broad SMARTS) is 1. The Morgan fingerprint density at radius 2 is 1.82 bits per heavy atom. The van der Waals surface area contributed by atoms with E-state index in [4.69, 9.17) is 4.74 Å². The number of rotatable bonds is 1. The quantitative estimate of drug-likeness (QED) is 0.866. The summed E-state index contributed by atoms with van der Waals surface area (Å²) in [5.74, 6) is 0. The fraction of sp³-hybridized carbons (Fsp3) is 0.500. The SMILES string of the molecule is CC(C)(C)OC(=O)N1CCN(C(=O)O)C(c2ccccc2)C1. The summed E-state index contributed by atoms with van der Waals surface area (Å²) >= 11 is 0. The Labute approximate surface area is 130 Å². The van der Waals surface area contributed by atoms with Gasteiger partial charge in [0.05, 0.1) is 6.04 Å². The number of hydrogen-bond donors (Lipinski definition) is 1. The standard InChI is InChI=1S/C16H22N2O4/c1-16(2,3)22-15(21)17-9-10-18(14(19)20)13(11-17)12-7-5-4-6-8-12/h4-8,13H,9-11H2,1-3H3,(H,19,20). The van der Waals surface area contributed by atoms with Crippen LogP contribution in [0.1, 0.15) is 32.4 Å². The van der Waals surface area contributed by atoms with Crippen molar-refractivity contribution in [2.24, 2.45) is 0 Å². The zero-order valence-corrected chi connectivity index (χ0v) is 13.2. The molecule has 0 spiro atoms. The van der Waals surface area contributed by atoms with Crippen LogP contribution >= 0.6 is 0 Å². The van der Waals surface area contributed by atoms with Gasteiger partial charge in [0.1, 0.15) is 5.60 Å². The molecule has 1 atom stereocenters. The highest BCUT2D eigenvalue weighted by Gasteiger charge is 2.35. The van der Waals surface area contributed by atoms with Crippen LogP contribution in [0.15, 0.2) is 30.3 Å². The second-order valence-corrected chi connectivity index (χ2v) is 6.33. The number of amides is 2. The predicted octanol–water partition coefficient (Wildman–Crippen LogP) is 2.96. The first-order valence-electron chi connectivity index (χ1n) is 7.30. The van der Waals surface area contributed by atoms with Crippen molar-refractivity contribution in [2.75, 3.05) is 19.6 Å². The molecule has 6 nitrogen and oxygen atoms in total. The molecule has 1 unspecified atom stereocenters. The van der Waals surface area contributed by atoms with Crippen LogP contribution in [-0.2, 0) is 4.74 Å². The highest BCUT2D eigenvalue weighted by Crippen LogP contribution is 2.26. The molecule has 22 heavy (non-hydrogen) atoms. The average Bonchev–Trinajstić information content (AvgIpc) is 2.45. The lowest BCUT2D eigenvalue weighted by Gasteiger charge is -2.40. The summed E-state index contributed by atoms with van der Waals surface area (Å²) in [5.41, 5.74) is 0.307. The van der Waals surface area contributed by atoms with Crippen molar-refractivity contribution in [3.05, 3.63) is 35.9 Å². The van der Waals surface area contributed by atoms with Crippen LogP contribution in [0.5, 0.6) is 0 Å². The number of carbonyl (C=O) groups excluding carboxylic acids is 1. The third-order valence-corrected chi connectivity index (χ3v) is 3.46. The molecule has 6 heteroatoms. The molecule has 0 aromatic heterocycles. The summed E-state index contributed by atoms with van der Waals surface area (Å²) < 4.78 is 5.38. The van der Waals surface area contributed by atoms with Gasteiger partial charge in [-0.1, -0.05) is 30.3 Å². The first-order valence-corrected chi connectivity index (χ1v) is 7.30. The molecule has 2 amide bonds. The topological polar surface area (TPSA) is 70.1 Å². The maximum atomic E-state index is 12.2. The first-order chi connectivity index (χ1) is 10.3. The number of nitrogens with zero attached hydrogens (tertiary/aromatic N) is 2. The van der Waals surface area contributed by atoms with E-state index < -0.39 is 17.8 Å². The minimum Gasteiger partial charge on any atom is -0.465 e. The molecule has 1 aromatic rings. The largest absolute Gasteiger partial charge is 0.465 e. The average molecular weight is 306 g/mol. The zero-order chi connectivity index (χ0) is 16.3. The van der Waals surface area contributed by atoms with Crippen molar-refractivity contribution in [2.45, 2.75) is 32.4 Å². The smallest absolute Gasteiger partial charge is 0.410 e. The maximum Gasteiger partial charge on any atom is 0.410 e. The molecule has 1 fully saturated rings. The van der Waals surface area contributed by atoms with Crippen LogP contribution in [0, 0.1) is 0 Å². The van der Waals surface area contributed by atoms with Gasteiger partial charge in [0, 0.05) is 19.6 Å². The monoisotopic (exact) mass is 306 g/mol. The van der Waals surface area contributed by atoms with Crippen LogP contribution in [-0.4, -0.2) is 52.3 Å². The molecule has 120 valence electrons. The Morgan fingerprint density at radius 1 is 1.18 bits per heavy atom. The van der Waals surface area contributed by atoms with Crippen LogP contribution in [0.4, 0.5) is 9.59 Å². The Bertz CT molecular complexity index is 539. The van der Waals surface area contributed by atoms with Gasteiger partial charge in [-0.2, -0.15) is 0 Å². The third kappa shape index (κ3) is 3.90. The van der Waals surface area contributed by atoms with E-state index in [2.05, 4.69) is 0 Å². The van der Waals surface area contributed by atoms with Gasteiger partial charge in [0.25, 0.3) is 0 Å². The van der Waals surface area contributed by atoms with E-state index in [0.29, 0.717) is 13.1 Å². The normalized spacial score (nSPS) is 19.0. The summed E-state index contributed by atoms with van der Waals surface area (Å²) in [6, 6.07) is 8.98. The first kappa shape index (κ1) is 16.1. The number of benzene rings is 1. The second-order valence-electron chi connectivity index (χ2n) is 6.33. The number of carbonyl (C=O) groups is 2. The Hall–Kier alpha value is -2.24. The molecule has 0 aliphatic carbocycles. The summed E-state index contributed by atoms with van der Waals surface area (Å²) in [5, 5.41) is 9.37. The lowest BCUT2D eigenvalue weighted by molar-refractivity contribution is 0.00510. The molecular weight excluding hydrogens is 284 g/mol. The van der Waals surface area contributed by atoms with Gasteiger partial charge in [-0.05, 0) is 26.3 Å². The lowest BCUT2D eigenvalue weighted by Crippen LogP contribution is -2.52. The van der Waals surface area contributed by atoms with E-state index in [-0.39, 0.29) is 12.6 Å². The van der Waals surface area contributed by atoms with Gasteiger partial charge in [-0.3, -0.25) is 4.90 Å². The summed E-state index contributed by atoms with van der Waals surface area (Å²) in [7, 11) is 0. The van der Waals surface area contributed by atoms with Crippen LogP contribution in [0.3, 0.4) is 0 Å². The zero-order valence-electron chi connectivity index (χ0n) is 13.2. The van der Waals surface area contributed by atoms with E-state index in [9.17, 15) is 14.7 Å². The molecule has 0 saturated carbocycles. The Morgan fingerprint density at radius 3 is 2.36 bits per heavy atom. The van der Waals surface area contributed by atoms with Crippen molar-refractivity contribution < 1.29 is 19.4 Å². The highest BCUT2D eigenvalue weighted by molar-refractivity contribution is 5.70. The minimum atomic E-state index is -0.974. The van der Waals surface area contributed by atoms with Gasteiger partial charge in [0.2, 0.25) is 0 Å². The van der Waals surface area contributed by atoms with Crippen LogP contribution in [0.2, 0.25) is 0 Å². The summed E-state index contributed by atoms with van der Waals surface area (Å²) in [6.07, 6.45) is -1.38. The molecule has 1 aliphatic rings. The summed E-state index contributed by atoms with van der Waals surface area (Å²) in [6.45, 7) is 6.34. The molecular formula is C16H22N2O4. The van der Waals surface area contributed by atoms with E-state index in [1.165, 1.54) is 4.90 Å². The number of ether oxygens (including phenoxy) is 1. The fourth-order valence-electron chi connectivity index (χ4n) is 2.46. The molecule has 0 bridgehead atoms. The molecule has 1 aliphatic heterocycles. The highest BCUT2D eigenvalue weighted by atomic mass is 16.6. The molecule has 0 radical (unpaired) electrons. The number of hydrogen-bond acceptors (Lipinski definition) is 3. The molecule has 1 N–H and O–H groups in total. The Kier molecular flexibility index (Phi) is 4.59. The van der Waals surface area contributed by atoms with Gasteiger partial charge in [0.15, 0.2) is 0 Å². The summed E-state index contributed by atoms with van der Waals surface area (Å²) in [4.78, 5) is 26.6. The van der Waals surface area contributed by atoms with Crippen molar-refractivity contribution >= 4 is 12.2 Å². The van der Waals surface area contributed by atoms with Gasteiger partial charge < -0.3 is 14.7 Å². The van der Waals surface area contributed by atoms with Crippen molar-refractivity contribution in [3.63, 3.8) is 0 Å². The van der Waals surface area contributed by atoms with E-state index in [0.717, 1.165) is 5.56 Å². The third-order valence-electron chi connectivity index (χ3n) is 3.46. The van der Waals surface area contributed by atoms with E-state index >= 15 is 0 Å². The van der Waals surface area contributed by atoms with Crippen LogP contribution < -0.4 is 0 Å². The lowest BCUT2D eigenvalue weighted by atomic mass is 10.0. The second kappa shape index (κ2) is 6.25.